The Balaban J connectivity index is 1.96. The van der Waals surface area contributed by atoms with Crippen molar-refractivity contribution in [3.05, 3.63) is 54.2 Å². The average Bonchev–Trinajstić information content (AvgIpc) is 2.87. The van der Waals surface area contributed by atoms with Crippen LogP contribution in [0.4, 0.5) is 67.0 Å². The van der Waals surface area contributed by atoms with E-state index in [2.05, 4.69) is 35.2 Å². The van der Waals surface area contributed by atoms with E-state index in [0.29, 0.717) is 25.4 Å². The summed E-state index contributed by atoms with van der Waals surface area (Å²) in [6.07, 6.45) is -13.9. The summed E-state index contributed by atoms with van der Waals surface area (Å²) in [5, 5.41) is 4.82. The van der Waals surface area contributed by atoms with E-state index in [1.54, 1.807) is 0 Å². The van der Waals surface area contributed by atoms with Gasteiger partial charge in [-0.15, -0.1) is 0 Å². The topological polar surface area (TPSA) is 136 Å². The minimum atomic E-state index is -5.64. The number of nitrogens with one attached hydrogen (secondary N) is 2. The summed E-state index contributed by atoms with van der Waals surface area (Å²) in [6, 6.07) is 3.14. The maximum Gasteiger partial charge on any atom is 0.492 e. The van der Waals surface area contributed by atoms with Gasteiger partial charge in [-0.1, -0.05) is 0 Å². The van der Waals surface area contributed by atoms with Crippen LogP contribution in [0.1, 0.15) is 5.56 Å². The van der Waals surface area contributed by atoms with Gasteiger partial charge in [0.15, 0.2) is 6.61 Å². The fraction of sp³-hybridized carbons (Fsp3) is 0.238. The summed E-state index contributed by atoms with van der Waals surface area (Å²) < 4.78 is 158. The molecule has 22 heteroatoms. The molecule has 0 saturated heterocycles. The fourth-order valence-corrected chi connectivity index (χ4v) is 3.88. The molecule has 0 fully saturated rings. The highest BCUT2D eigenvalue weighted by atomic mass is 32.2. The van der Waals surface area contributed by atoms with E-state index in [4.69, 9.17) is 0 Å². The van der Waals surface area contributed by atoms with Crippen LogP contribution in [-0.2, 0) is 25.8 Å². The number of carbonyl (C=O) groups excluding carboxylic acids is 1. The molecule has 0 unspecified atom stereocenters. The van der Waals surface area contributed by atoms with Gasteiger partial charge in [0.25, 0.3) is 10.0 Å². The highest BCUT2D eigenvalue weighted by Crippen LogP contribution is 2.35. The van der Waals surface area contributed by atoms with Gasteiger partial charge >= 0.3 is 24.5 Å². The number of rotatable bonds is 9. The number of carbonyl (C=O) groups is 1. The third-order valence-corrected chi connectivity index (χ3v) is 6.38. The first-order valence-corrected chi connectivity index (χ1v) is 12.3. The van der Waals surface area contributed by atoms with Gasteiger partial charge in [-0.2, -0.15) is 39.5 Å². The van der Waals surface area contributed by atoms with Crippen molar-refractivity contribution in [2.75, 3.05) is 24.3 Å². The van der Waals surface area contributed by atoms with E-state index in [-0.39, 0.29) is 23.5 Å². The zero-order chi connectivity index (χ0) is 32.4. The van der Waals surface area contributed by atoms with Gasteiger partial charge in [0, 0.05) is 25.4 Å². The lowest BCUT2D eigenvalue weighted by molar-refractivity contribution is -0.219. The van der Waals surface area contributed by atoms with Crippen LogP contribution in [0.25, 0.3) is 0 Å². The van der Waals surface area contributed by atoms with Crippen molar-refractivity contribution in [1.82, 2.24) is 19.4 Å². The lowest BCUT2D eigenvalue weighted by Gasteiger charge is -2.20. The van der Waals surface area contributed by atoms with Gasteiger partial charge < -0.3 is 20.2 Å². The van der Waals surface area contributed by atoms with Crippen LogP contribution in [0.3, 0.4) is 0 Å². The Hall–Kier alpha value is -4.47. The van der Waals surface area contributed by atoms with Crippen LogP contribution in [0.5, 0.6) is 5.75 Å². The molecule has 0 aliphatic carbocycles. The fourth-order valence-electron chi connectivity index (χ4n) is 2.86. The first-order chi connectivity index (χ1) is 19.7. The van der Waals surface area contributed by atoms with E-state index in [1.165, 1.54) is 0 Å². The summed E-state index contributed by atoms with van der Waals surface area (Å²) in [7, 11) is -5.08. The van der Waals surface area contributed by atoms with E-state index < -0.39 is 73.3 Å². The number of anilines is 4. The number of aromatic nitrogens is 3. The Labute approximate surface area is 233 Å². The van der Waals surface area contributed by atoms with Crippen molar-refractivity contribution >= 4 is 39.1 Å². The van der Waals surface area contributed by atoms with Gasteiger partial charge in [0.1, 0.15) is 40.2 Å². The maximum absolute atomic E-state index is 14.8. The Morgan fingerprint density at radius 2 is 1.53 bits per heavy atom. The average molecular weight is 652 g/mol. The number of alkyl halides is 9. The predicted octanol–water partition coefficient (Wildman–Crippen LogP) is 5.10. The first kappa shape index (κ1) is 33.0. The summed E-state index contributed by atoms with van der Waals surface area (Å²) in [5.74, 6) is -6.37. The zero-order valence-electron chi connectivity index (χ0n) is 20.8. The molecule has 0 atom stereocenters. The number of benzene rings is 1. The SMILES string of the molecule is CN(OC(=O)C(F)(F)F)S(=O)(=O)c1cc(Nc2cc(Nc3ccc(C(F)(F)F)cn3)ncn2)c(OCC(F)(F)F)cc1F. The third-order valence-electron chi connectivity index (χ3n) is 4.76. The Kier molecular flexibility index (Phi) is 9.24. The normalized spacial score (nSPS) is 12.7. The summed E-state index contributed by atoms with van der Waals surface area (Å²) in [4.78, 5) is 24.3. The quantitative estimate of drug-likeness (QED) is 0.238. The van der Waals surface area contributed by atoms with Gasteiger partial charge in [0.05, 0.1) is 11.3 Å². The summed E-state index contributed by atoms with van der Waals surface area (Å²) in [5.41, 5.74) is -1.78. The molecular weight excluding hydrogens is 638 g/mol. The molecule has 3 aromatic rings. The maximum atomic E-state index is 14.8. The molecule has 2 N–H and O–H groups in total. The predicted molar refractivity (Wildman–Crippen MR) is 123 cm³/mol. The molecule has 0 spiro atoms. The lowest BCUT2D eigenvalue weighted by atomic mass is 10.2. The van der Waals surface area contributed by atoms with Crippen molar-refractivity contribution in [3.8, 4) is 5.75 Å². The molecule has 1 aromatic carbocycles. The number of hydrogen-bond donors (Lipinski definition) is 2. The van der Waals surface area contributed by atoms with Crippen molar-refractivity contribution in [2.24, 2.45) is 0 Å². The number of pyridine rings is 1. The smallest absolute Gasteiger partial charge is 0.482 e. The minimum Gasteiger partial charge on any atom is -0.482 e. The molecule has 0 amide bonds. The third kappa shape index (κ3) is 8.76. The molecule has 11 nitrogen and oxygen atoms in total. The summed E-state index contributed by atoms with van der Waals surface area (Å²) >= 11 is 0. The molecule has 0 radical (unpaired) electrons. The second kappa shape index (κ2) is 12.0. The largest absolute Gasteiger partial charge is 0.492 e. The molecule has 3 rings (SSSR count). The van der Waals surface area contributed by atoms with E-state index in [1.807, 2.05) is 0 Å². The standard InChI is InChI=1S/C21H14F10N6O5S/c1-37(42-18(38)21(29,30)31)43(39,40)14-5-12(13(4-11(14)22)41-8-19(23,24)25)35-16-6-17(34-9-33-16)36-15-3-2-10(7-32-15)20(26,27)28/h2-7,9H,8H2,1H3,(H2,32,33,34,35,36). The van der Waals surface area contributed by atoms with Crippen LogP contribution < -0.4 is 15.4 Å². The van der Waals surface area contributed by atoms with Crippen molar-refractivity contribution in [1.29, 1.82) is 0 Å². The molecule has 0 bridgehead atoms. The number of nitrogens with zero attached hydrogens (tertiary/aromatic N) is 4. The van der Waals surface area contributed by atoms with Crippen LogP contribution in [0.15, 0.2) is 47.8 Å². The van der Waals surface area contributed by atoms with Crippen LogP contribution >= 0.6 is 0 Å². The second-order valence-electron chi connectivity index (χ2n) is 7.94. The van der Waals surface area contributed by atoms with Crippen molar-refractivity contribution < 1.29 is 66.7 Å². The molecule has 0 saturated carbocycles. The summed E-state index contributed by atoms with van der Waals surface area (Å²) in [6.45, 7) is -1.99. The number of hydroxylamine groups is 1. The number of halogens is 10. The number of ether oxygens (including phenoxy) is 1. The number of sulfonamides is 1. The van der Waals surface area contributed by atoms with Crippen molar-refractivity contribution in [2.45, 2.75) is 23.4 Å². The molecule has 2 aromatic heterocycles. The Morgan fingerprint density at radius 3 is 2.07 bits per heavy atom. The lowest BCUT2D eigenvalue weighted by Crippen LogP contribution is -2.36. The zero-order valence-corrected chi connectivity index (χ0v) is 21.6. The van der Waals surface area contributed by atoms with E-state index in [0.717, 1.165) is 18.5 Å². The van der Waals surface area contributed by atoms with Gasteiger partial charge in [-0.25, -0.2) is 32.6 Å². The monoisotopic (exact) mass is 652 g/mol. The second-order valence-corrected chi connectivity index (χ2v) is 9.85. The first-order valence-electron chi connectivity index (χ1n) is 10.9. The molecule has 234 valence electrons. The Morgan fingerprint density at radius 1 is 0.907 bits per heavy atom. The Bertz CT molecular complexity index is 1580. The minimum absolute atomic E-state index is 0.140. The highest BCUT2D eigenvalue weighted by molar-refractivity contribution is 7.89. The van der Waals surface area contributed by atoms with Gasteiger partial charge in [0.2, 0.25) is 0 Å². The van der Waals surface area contributed by atoms with Crippen molar-refractivity contribution in [3.63, 3.8) is 0 Å². The van der Waals surface area contributed by atoms with Crippen LogP contribution in [-0.4, -0.2) is 59.8 Å². The molecule has 0 aliphatic rings. The van der Waals surface area contributed by atoms with Crippen LogP contribution in [0.2, 0.25) is 0 Å². The molecule has 2 heterocycles. The van der Waals surface area contributed by atoms with Gasteiger partial charge in [-0.05, 0) is 22.7 Å². The van der Waals surface area contributed by atoms with Crippen LogP contribution in [0, 0.1) is 5.82 Å². The van der Waals surface area contributed by atoms with Gasteiger partial charge in [-0.3, -0.25) is 0 Å². The van der Waals surface area contributed by atoms with E-state index >= 15 is 0 Å². The molecular formula is C21H14F10N6O5S. The number of hydrogen-bond acceptors (Lipinski definition) is 10. The molecule has 43 heavy (non-hydrogen) atoms. The highest BCUT2D eigenvalue weighted by Gasteiger charge is 2.44. The molecule has 0 aliphatic heterocycles. The van der Waals surface area contributed by atoms with E-state index in [9.17, 15) is 57.1 Å².